The van der Waals surface area contributed by atoms with E-state index in [-0.39, 0.29) is 5.56 Å². The first kappa shape index (κ1) is 15.1. The van der Waals surface area contributed by atoms with Crippen molar-refractivity contribution in [2.24, 2.45) is 5.73 Å². The van der Waals surface area contributed by atoms with Crippen LogP contribution in [0.15, 0.2) is 47.4 Å². The Balaban J connectivity index is 1.86. The number of aromatic nitrogens is 1. The summed E-state index contributed by atoms with van der Waals surface area (Å²) in [6.07, 6.45) is 1.70. The molecule has 0 aliphatic carbocycles. The average Bonchev–Trinajstić information content (AvgIpc) is 2.47. The van der Waals surface area contributed by atoms with Gasteiger partial charge in [0.1, 0.15) is 19.0 Å². The molecular formula is C16H20N2O3. The predicted molar refractivity (Wildman–Crippen MR) is 81.9 cm³/mol. The zero-order valence-corrected chi connectivity index (χ0v) is 12.1. The van der Waals surface area contributed by atoms with Crippen molar-refractivity contribution in [1.29, 1.82) is 0 Å². The summed E-state index contributed by atoms with van der Waals surface area (Å²) >= 11 is 0. The van der Waals surface area contributed by atoms with E-state index in [0.29, 0.717) is 32.1 Å². The highest BCUT2D eigenvalue weighted by molar-refractivity contribution is 5.27. The lowest BCUT2D eigenvalue weighted by atomic mass is 10.2. The maximum Gasteiger partial charge on any atom is 0.292 e. The van der Waals surface area contributed by atoms with Gasteiger partial charge in [-0.3, -0.25) is 4.79 Å². The van der Waals surface area contributed by atoms with E-state index in [1.807, 2.05) is 31.2 Å². The summed E-state index contributed by atoms with van der Waals surface area (Å²) in [7, 11) is 0. The third-order valence-corrected chi connectivity index (χ3v) is 2.95. The normalized spacial score (nSPS) is 10.4. The lowest BCUT2D eigenvalue weighted by Gasteiger charge is -2.10. The Bertz CT molecular complexity index is 637. The molecule has 112 valence electrons. The third kappa shape index (κ3) is 4.36. The van der Waals surface area contributed by atoms with Gasteiger partial charge in [0.25, 0.3) is 5.56 Å². The van der Waals surface area contributed by atoms with E-state index >= 15 is 0 Å². The molecule has 0 saturated carbocycles. The smallest absolute Gasteiger partial charge is 0.292 e. The fraction of sp³-hybridized carbons (Fsp3) is 0.312. The Morgan fingerprint density at radius 1 is 1.14 bits per heavy atom. The van der Waals surface area contributed by atoms with Crippen molar-refractivity contribution in [1.82, 2.24) is 4.57 Å². The van der Waals surface area contributed by atoms with Crippen LogP contribution in [0.25, 0.3) is 0 Å². The van der Waals surface area contributed by atoms with Gasteiger partial charge < -0.3 is 19.8 Å². The Hall–Kier alpha value is -2.27. The number of benzene rings is 1. The van der Waals surface area contributed by atoms with Gasteiger partial charge in [0.05, 0.1) is 0 Å². The Morgan fingerprint density at radius 2 is 1.95 bits per heavy atom. The molecule has 5 heteroatoms. The molecule has 1 aromatic carbocycles. The third-order valence-electron chi connectivity index (χ3n) is 2.95. The first-order valence-corrected chi connectivity index (χ1v) is 6.92. The lowest BCUT2D eigenvalue weighted by Crippen LogP contribution is -2.25. The molecule has 1 aromatic heterocycles. The van der Waals surface area contributed by atoms with Gasteiger partial charge in [-0.05, 0) is 36.8 Å². The number of aryl methyl sites for hydroxylation is 1. The molecule has 5 nitrogen and oxygen atoms in total. The number of rotatable bonds is 7. The van der Waals surface area contributed by atoms with Crippen LogP contribution in [0.5, 0.6) is 11.5 Å². The Labute approximate surface area is 123 Å². The van der Waals surface area contributed by atoms with Crippen molar-refractivity contribution < 1.29 is 9.47 Å². The van der Waals surface area contributed by atoms with E-state index in [0.717, 1.165) is 11.3 Å². The quantitative estimate of drug-likeness (QED) is 0.785. The molecule has 0 aliphatic rings. The molecular weight excluding hydrogens is 268 g/mol. The molecule has 0 bridgehead atoms. The van der Waals surface area contributed by atoms with Crippen LogP contribution < -0.4 is 20.8 Å². The molecule has 2 N–H and O–H groups in total. The van der Waals surface area contributed by atoms with Crippen molar-refractivity contribution >= 4 is 0 Å². The van der Waals surface area contributed by atoms with Gasteiger partial charge >= 0.3 is 0 Å². The first-order chi connectivity index (χ1) is 10.2. The van der Waals surface area contributed by atoms with Crippen molar-refractivity contribution in [3.8, 4) is 11.5 Å². The van der Waals surface area contributed by atoms with Crippen molar-refractivity contribution in [2.75, 3.05) is 19.8 Å². The Kier molecular flexibility index (Phi) is 5.40. The minimum absolute atomic E-state index is 0.168. The fourth-order valence-electron chi connectivity index (χ4n) is 1.96. The lowest BCUT2D eigenvalue weighted by molar-refractivity contribution is 0.214. The number of pyridine rings is 1. The standard InChI is InChI=1S/C16H20N2O3/c1-13-4-2-5-14(12-13)20-10-11-21-15-6-3-8-18(9-7-17)16(15)19/h2-6,8,12H,7,9-11,17H2,1H3. The summed E-state index contributed by atoms with van der Waals surface area (Å²) in [5.74, 6) is 1.12. The molecule has 0 spiro atoms. The van der Waals surface area contributed by atoms with Gasteiger partial charge in [0, 0.05) is 19.3 Å². The van der Waals surface area contributed by atoms with Gasteiger partial charge in [0.15, 0.2) is 5.75 Å². The summed E-state index contributed by atoms with van der Waals surface area (Å²) in [5, 5.41) is 0. The van der Waals surface area contributed by atoms with Crippen LogP contribution in [-0.4, -0.2) is 24.3 Å². The molecule has 0 unspecified atom stereocenters. The largest absolute Gasteiger partial charge is 0.490 e. The second-order valence-electron chi connectivity index (χ2n) is 4.67. The summed E-state index contributed by atoms with van der Waals surface area (Å²) in [6, 6.07) is 11.2. The zero-order valence-electron chi connectivity index (χ0n) is 12.1. The molecule has 2 aromatic rings. The van der Waals surface area contributed by atoms with Gasteiger partial charge in [-0.25, -0.2) is 0 Å². The van der Waals surface area contributed by atoms with Crippen LogP contribution in [-0.2, 0) is 6.54 Å². The fourth-order valence-corrected chi connectivity index (χ4v) is 1.96. The highest BCUT2D eigenvalue weighted by Gasteiger charge is 2.03. The van der Waals surface area contributed by atoms with E-state index in [1.165, 1.54) is 4.57 Å². The van der Waals surface area contributed by atoms with Crippen molar-refractivity contribution in [3.05, 3.63) is 58.5 Å². The van der Waals surface area contributed by atoms with E-state index in [4.69, 9.17) is 15.2 Å². The zero-order chi connectivity index (χ0) is 15.1. The van der Waals surface area contributed by atoms with Crippen LogP contribution in [0, 0.1) is 6.92 Å². The van der Waals surface area contributed by atoms with Crippen molar-refractivity contribution in [2.45, 2.75) is 13.5 Å². The second kappa shape index (κ2) is 7.50. The SMILES string of the molecule is Cc1cccc(OCCOc2cccn(CCN)c2=O)c1. The highest BCUT2D eigenvalue weighted by atomic mass is 16.5. The number of ether oxygens (including phenoxy) is 2. The van der Waals surface area contributed by atoms with Crippen molar-refractivity contribution in [3.63, 3.8) is 0 Å². The highest BCUT2D eigenvalue weighted by Crippen LogP contribution is 2.12. The molecule has 0 atom stereocenters. The maximum atomic E-state index is 12.0. The van der Waals surface area contributed by atoms with Crippen LogP contribution in [0.3, 0.4) is 0 Å². The molecule has 0 aliphatic heterocycles. The number of hydrogen-bond acceptors (Lipinski definition) is 4. The second-order valence-corrected chi connectivity index (χ2v) is 4.67. The number of hydrogen-bond donors (Lipinski definition) is 1. The molecule has 0 radical (unpaired) electrons. The minimum Gasteiger partial charge on any atom is -0.490 e. The molecule has 2 rings (SSSR count). The Morgan fingerprint density at radius 3 is 2.71 bits per heavy atom. The molecule has 0 saturated heterocycles. The maximum absolute atomic E-state index is 12.0. The average molecular weight is 288 g/mol. The topological polar surface area (TPSA) is 66.5 Å². The summed E-state index contributed by atoms with van der Waals surface area (Å²) in [5.41, 5.74) is 6.43. The van der Waals surface area contributed by atoms with E-state index in [2.05, 4.69) is 0 Å². The van der Waals surface area contributed by atoms with Crippen LogP contribution in [0.4, 0.5) is 0 Å². The summed E-state index contributed by atoms with van der Waals surface area (Å²) in [4.78, 5) is 12.0. The predicted octanol–water partition coefficient (Wildman–Crippen LogP) is 1.57. The first-order valence-electron chi connectivity index (χ1n) is 6.92. The number of nitrogens with zero attached hydrogens (tertiary/aromatic N) is 1. The number of nitrogens with two attached hydrogens (primary N) is 1. The van der Waals surface area contributed by atoms with Crippen LogP contribution >= 0.6 is 0 Å². The van der Waals surface area contributed by atoms with Gasteiger partial charge in [-0.1, -0.05) is 12.1 Å². The molecule has 1 heterocycles. The monoisotopic (exact) mass is 288 g/mol. The van der Waals surface area contributed by atoms with Crippen LogP contribution in [0.2, 0.25) is 0 Å². The minimum atomic E-state index is -0.168. The molecule has 0 amide bonds. The van der Waals surface area contributed by atoms with E-state index in [9.17, 15) is 4.79 Å². The van der Waals surface area contributed by atoms with E-state index in [1.54, 1.807) is 18.3 Å². The summed E-state index contributed by atoms with van der Waals surface area (Å²) in [6.45, 7) is 3.60. The van der Waals surface area contributed by atoms with Gasteiger partial charge in [-0.15, -0.1) is 0 Å². The summed E-state index contributed by atoms with van der Waals surface area (Å²) < 4.78 is 12.6. The molecule has 21 heavy (non-hydrogen) atoms. The van der Waals surface area contributed by atoms with Crippen LogP contribution in [0.1, 0.15) is 5.56 Å². The van der Waals surface area contributed by atoms with Gasteiger partial charge in [0.2, 0.25) is 0 Å². The molecule has 0 fully saturated rings. The van der Waals surface area contributed by atoms with Gasteiger partial charge in [-0.2, -0.15) is 0 Å². The van der Waals surface area contributed by atoms with E-state index < -0.39 is 0 Å².